The molecule has 8 nitrogen and oxygen atoms in total. The summed E-state index contributed by atoms with van der Waals surface area (Å²) in [7, 11) is 3.74. The number of amides is 2. The molecule has 2 rings (SSSR count). The van der Waals surface area contributed by atoms with E-state index < -0.39 is 11.5 Å². The van der Waals surface area contributed by atoms with Crippen LogP contribution in [0.25, 0.3) is 0 Å². The molecule has 0 atom stereocenters. The average molecular weight is 381 g/mol. The van der Waals surface area contributed by atoms with E-state index in [-0.39, 0.29) is 17.9 Å². The monoisotopic (exact) mass is 381 g/mol. The Morgan fingerprint density at radius 1 is 1.21 bits per heavy atom. The molecule has 0 fully saturated rings. The van der Waals surface area contributed by atoms with Gasteiger partial charge < -0.3 is 9.88 Å². The van der Waals surface area contributed by atoms with Crippen LogP contribution >= 0.6 is 0 Å². The van der Waals surface area contributed by atoms with E-state index in [0.29, 0.717) is 23.2 Å². The maximum Gasteiger partial charge on any atom is 0.269 e. The van der Waals surface area contributed by atoms with E-state index in [2.05, 4.69) is 15.8 Å². The third-order valence-corrected chi connectivity index (χ3v) is 4.46. The summed E-state index contributed by atoms with van der Waals surface area (Å²) in [5.74, 6) is -0.791. The molecule has 0 aliphatic heterocycles. The highest BCUT2D eigenvalue weighted by Crippen LogP contribution is 2.15. The number of hydrazine groups is 1. The molecular weight excluding hydrogens is 358 g/mol. The Hall–Kier alpha value is -3.60. The fourth-order valence-corrected chi connectivity index (χ4v) is 2.85. The number of anilines is 1. The lowest BCUT2D eigenvalue weighted by molar-refractivity contribution is -0.121. The number of carbonyl (C=O) groups excluding carboxylic acids is 2. The molecule has 2 amide bonds. The number of hydrogen-bond donors (Lipinski definition) is 3. The van der Waals surface area contributed by atoms with Gasteiger partial charge in [-0.25, -0.2) is 0 Å². The van der Waals surface area contributed by atoms with E-state index in [1.807, 2.05) is 31.1 Å². The fourth-order valence-electron chi connectivity index (χ4n) is 2.85. The number of aromatic nitrogens is 1. The molecule has 0 saturated heterocycles. The summed E-state index contributed by atoms with van der Waals surface area (Å²) in [5.41, 5.74) is 7.64. The lowest BCUT2D eigenvalue weighted by Crippen LogP contribution is -2.41. The van der Waals surface area contributed by atoms with Crippen LogP contribution in [0.3, 0.4) is 0 Å². The highest BCUT2D eigenvalue weighted by molar-refractivity contribution is 5.96. The minimum atomic E-state index is -0.432. The molecule has 28 heavy (non-hydrogen) atoms. The summed E-state index contributed by atoms with van der Waals surface area (Å²) in [6, 6.07) is 8.90. The molecule has 2 aromatic rings. The van der Waals surface area contributed by atoms with Crippen molar-refractivity contribution in [2.75, 3.05) is 19.0 Å². The number of aromatic amines is 1. The van der Waals surface area contributed by atoms with Crippen molar-refractivity contribution in [3.63, 3.8) is 0 Å². The van der Waals surface area contributed by atoms with Gasteiger partial charge in [0.25, 0.3) is 11.5 Å². The molecule has 146 valence electrons. The van der Waals surface area contributed by atoms with Gasteiger partial charge >= 0.3 is 0 Å². The summed E-state index contributed by atoms with van der Waals surface area (Å²) < 4.78 is 0. The Kier molecular flexibility index (Phi) is 6.55. The summed E-state index contributed by atoms with van der Waals surface area (Å²) in [6.45, 7) is 3.41. The summed E-state index contributed by atoms with van der Waals surface area (Å²) in [6.07, 6.45) is 0.428. The van der Waals surface area contributed by atoms with Crippen molar-refractivity contribution in [3.05, 3.63) is 62.6 Å². The zero-order chi connectivity index (χ0) is 20.8. The van der Waals surface area contributed by atoms with Crippen LogP contribution in [-0.2, 0) is 11.2 Å². The maximum atomic E-state index is 12.2. The Morgan fingerprint density at radius 2 is 1.93 bits per heavy atom. The number of benzene rings is 1. The summed E-state index contributed by atoms with van der Waals surface area (Å²) >= 11 is 0. The standard InChI is InChI=1S/C20H23N5O3/c1-12-16(13(2)22-20(28)17(12)11-21)8-9-18(26)23-24-19(27)14-6-5-7-15(10-14)25(3)4/h5-7,10H,8-9H2,1-4H3,(H,22,28)(H,23,26)(H,24,27). The third kappa shape index (κ3) is 4.76. The van der Waals surface area contributed by atoms with Crippen molar-refractivity contribution in [2.45, 2.75) is 26.7 Å². The molecule has 0 aliphatic rings. The van der Waals surface area contributed by atoms with Gasteiger partial charge in [0, 0.05) is 37.5 Å². The zero-order valence-corrected chi connectivity index (χ0v) is 16.3. The van der Waals surface area contributed by atoms with Crippen molar-refractivity contribution in [1.82, 2.24) is 15.8 Å². The number of nitrogens with one attached hydrogen (secondary N) is 3. The molecule has 1 aromatic heterocycles. The molecule has 1 heterocycles. The molecule has 0 unspecified atom stereocenters. The van der Waals surface area contributed by atoms with Gasteiger partial charge in [0.05, 0.1) is 0 Å². The van der Waals surface area contributed by atoms with Gasteiger partial charge in [-0.15, -0.1) is 0 Å². The van der Waals surface area contributed by atoms with Crippen LogP contribution in [0.15, 0.2) is 29.1 Å². The molecule has 0 radical (unpaired) electrons. The first-order chi connectivity index (χ1) is 13.2. The Balaban J connectivity index is 1.97. The van der Waals surface area contributed by atoms with E-state index in [1.54, 1.807) is 32.0 Å². The topological polar surface area (TPSA) is 118 Å². The van der Waals surface area contributed by atoms with Crippen LogP contribution in [0.4, 0.5) is 5.69 Å². The number of carbonyl (C=O) groups is 2. The predicted octanol–water partition coefficient (Wildman–Crippen LogP) is 1.32. The molecule has 0 saturated carbocycles. The Morgan fingerprint density at radius 3 is 2.57 bits per heavy atom. The summed E-state index contributed by atoms with van der Waals surface area (Å²) in [5, 5.41) is 9.10. The second-order valence-electron chi connectivity index (χ2n) is 6.62. The van der Waals surface area contributed by atoms with Crippen LogP contribution in [0.2, 0.25) is 0 Å². The maximum absolute atomic E-state index is 12.2. The van der Waals surface area contributed by atoms with Crippen LogP contribution in [0, 0.1) is 25.2 Å². The van der Waals surface area contributed by atoms with Gasteiger partial charge in [-0.1, -0.05) is 6.07 Å². The first kappa shape index (κ1) is 20.7. The largest absolute Gasteiger partial charge is 0.378 e. The lowest BCUT2D eigenvalue weighted by Gasteiger charge is -2.14. The lowest BCUT2D eigenvalue weighted by atomic mass is 9.99. The second-order valence-corrected chi connectivity index (χ2v) is 6.62. The number of nitriles is 1. The molecular formula is C20H23N5O3. The molecule has 1 aromatic carbocycles. The van der Waals surface area contributed by atoms with Crippen LogP contribution in [0.5, 0.6) is 0 Å². The number of rotatable bonds is 5. The first-order valence-electron chi connectivity index (χ1n) is 8.73. The molecule has 0 bridgehead atoms. The first-order valence-corrected chi connectivity index (χ1v) is 8.73. The van der Waals surface area contributed by atoms with E-state index in [1.165, 1.54) is 0 Å². The summed E-state index contributed by atoms with van der Waals surface area (Å²) in [4.78, 5) is 40.6. The number of nitrogens with zero attached hydrogens (tertiary/aromatic N) is 2. The smallest absolute Gasteiger partial charge is 0.269 e. The van der Waals surface area contributed by atoms with Crippen LogP contribution in [0.1, 0.15) is 39.2 Å². The van der Waals surface area contributed by atoms with Crippen molar-refractivity contribution in [3.8, 4) is 6.07 Å². The highest BCUT2D eigenvalue weighted by Gasteiger charge is 2.14. The van der Waals surface area contributed by atoms with Gasteiger partial charge in [-0.3, -0.25) is 25.2 Å². The van der Waals surface area contributed by atoms with Gasteiger partial charge in [0.1, 0.15) is 11.6 Å². The second kappa shape index (κ2) is 8.86. The Labute approximate surface area is 163 Å². The van der Waals surface area contributed by atoms with Crippen LogP contribution in [-0.4, -0.2) is 30.9 Å². The van der Waals surface area contributed by atoms with E-state index in [0.717, 1.165) is 11.3 Å². The zero-order valence-electron chi connectivity index (χ0n) is 16.3. The normalized spacial score (nSPS) is 10.1. The predicted molar refractivity (Wildman–Crippen MR) is 106 cm³/mol. The van der Waals surface area contributed by atoms with E-state index in [4.69, 9.17) is 5.26 Å². The molecule has 0 spiro atoms. The number of H-pyrrole nitrogens is 1. The van der Waals surface area contributed by atoms with Gasteiger partial charge in [-0.2, -0.15) is 5.26 Å². The van der Waals surface area contributed by atoms with E-state index >= 15 is 0 Å². The highest BCUT2D eigenvalue weighted by atomic mass is 16.2. The van der Waals surface area contributed by atoms with Gasteiger partial charge in [0.2, 0.25) is 5.91 Å². The third-order valence-electron chi connectivity index (χ3n) is 4.46. The molecule has 0 aliphatic carbocycles. The molecule has 3 N–H and O–H groups in total. The number of pyridine rings is 1. The van der Waals surface area contributed by atoms with Gasteiger partial charge in [0.15, 0.2) is 0 Å². The molecule has 8 heteroatoms. The van der Waals surface area contributed by atoms with Crippen molar-refractivity contribution in [2.24, 2.45) is 0 Å². The average Bonchev–Trinajstić information content (AvgIpc) is 2.66. The number of hydrogen-bond acceptors (Lipinski definition) is 5. The van der Waals surface area contributed by atoms with Crippen molar-refractivity contribution in [1.29, 1.82) is 5.26 Å². The van der Waals surface area contributed by atoms with Crippen molar-refractivity contribution >= 4 is 17.5 Å². The fraction of sp³-hybridized carbons (Fsp3) is 0.300. The quantitative estimate of drug-likeness (QED) is 0.675. The SMILES string of the molecule is Cc1[nH]c(=O)c(C#N)c(C)c1CCC(=O)NNC(=O)c1cccc(N(C)C)c1. The Bertz CT molecular complexity index is 1000. The van der Waals surface area contributed by atoms with E-state index in [9.17, 15) is 14.4 Å². The van der Waals surface area contributed by atoms with Gasteiger partial charge in [-0.05, 0) is 49.6 Å². The minimum Gasteiger partial charge on any atom is -0.378 e. The number of aryl methyl sites for hydroxylation is 1. The minimum absolute atomic E-state index is 0.0510. The van der Waals surface area contributed by atoms with Crippen LogP contribution < -0.4 is 21.3 Å². The van der Waals surface area contributed by atoms with Crippen molar-refractivity contribution < 1.29 is 9.59 Å².